The van der Waals surface area contributed by atoms with Crippen molar-refractivity contribution in [1.29, 1.82) is 0 Å². The van der Waals surface area contributed by atoms with Crippen molar-refractivity contribution in [3.8, 4) is 11.6 Å². The van der Waals surface area contributed by atoms with Gasteiger partial charge < -0.3 is 29.3 Å². The van der Waals surface area contributed by atoms with E-state index in [1.807, 2.05) is 13.8 Å². The molecule has 0 spiro atoms. The topological polar surface area (TPSA) is 157 Å². The molecule has 2 bridgehead atoms. The van der Waals surface area contributed by atoms with Gasteiger partial charge in [0.15, 0.2) is 11.4 Å². The Kier molecular flexibility index (Phi) is 8.66. The number of oxazole rings is 2. The summed E-state index contributed by atoms with van der Waals surface area (Å²) in [6.07, 6.45) is 3.20. The van der Waals surface area contributed by atoms with E-state index in [-0.39, 0.29) is 35.2 Å². The third-order valence-corrected chi connectivity index (χ3v) is 5.98. The van der Waals surface area contributed by atoms with Gasteiger partial charge in [0.05, 0.1) is 7.11 Å². The first-order valence-corrected chi connectivity index (χ1v) is 11.9. The van der Waals surface area contributed by atoms with E-state index < -0.39 is 30.1 Å². The van der Waals surface area contributed by atoms with Crippen LogP contribution in [0.25, 0.3) is 11.6 Å². The standard InChI is InChI=1S/C24H34N4O7/c1-12(2)17-23-28-18(22-26-15(11-34-22)24(32)33-5)16(35-23)10-8-6-7-9-14(20(30)27-17)25-21(31)19(29)13(3)4/h11-14,17,19,29H,6-10H2,1-5H3,(H,25,31)(H,27,30). The second-order valence-electron chi connectivity index (χ2n) is 9.43. The minimum Gasteiger partial charge on any atom is -0.464 e. The summed E-state index contributed by atoms with van der Waals surface area (Å²) in [5.74, 6) is -0.960. The van der Waals surface area contributed by atoms with E-state index in [0.717, 1.165) is 12.8 Å². The van der Waals surface area contributed by atoms with Crippen LogP contribution in [-0.4, -0.2) is 52.1 Å². The van der Waals surface area contributed by atoms with Gasteiger partial charge in [-0.2, -0.15) is 0 Å². The highest BCUT2D eigenvalue weighted by molar-refractivity contribution is 5.89. The molecule has 3 unspecified atom stereocenters. The average Bonchev–Trinajstić information content (AvgIpc) is 3.46. The van der Waals surface area contributed by atoms with Crippen molar-refractivity contribution in [2.45, 2.75) is 78.0 Å². The number of fused-ring (bicyclic) bond motifs is 2. The number of aromatic nitrogens is 2. The molecule has 1 aliphatic heterocycles. The Bertz CT molecular complexity index is 1040. The third-order valence-electron chi connectivity index (χ3n) is 5.98. The summed E-state index contributed by atoms with van der Waals surface area (Å²) in [6, 6.07) is -1.38. The lowest BCUT2D eigenvalue weighted by Crippen LogP contribution is -2.51. The number of hydrogen-bond donors (Lipinski definition) is 3. The van der Waals surface area contributed by atoms with Crippen molar-refractivity contribution < 1.29 is 33.1 Å². The van der Waals surface area contributed by atoms with Gasteiger partial charge in [-0.05, 0) is 24.7 Å². The molecule has 1 aliphatic rings. The van der Waals surface area contributed by atoms with Crippen LogP contribution in [0.15, 0.2) is 15.1 Å². The fourth-order valence-corrected chi connectivity index (χ4v) is 3.83. The van der Waals surface area contributed by atoms with Crippen molar-refractivity contribution in [1.82, 2.24) is 20.6 Å². The maximum atomic E-state index is 13.2. The number of aryl methyl sites for hydroxylation is 1. The number of methoxy groups -OCH3 is 1. The summed E-state index contributed by atoms with van der Waals surface area (Å²) in [7, 11) is 1.26. The molecule has 0 fully saturated rings. The summed E-state index contributed by atoms with van der Waals surface area (Å²) in [5, 5.41) is 15.7. The van der Waals surface area contributed by atoms with E-state index in [0.29, 0.717) is 30.7 Å². The fraction of sp³-hybridized carbons (Fsp3) is 0.625. The number of carbonyl (C=O) groups is 3. The zero-order chi connectivity index (χ0) is 25.7. The monoisotopic (exact) mass is 490 g/mol. The number of aliphatic hydroxyl groups excluding tert-OH is 1. The van der Waals surface area contributed by atoms with Gasteiger partial charge in [-0.3, -0.25) is 9.59 Å². The van der Waals surface area contributed by atoms with Crippen LogP contribution >= 0.6 is 0 Å². The van der Waals surface area contributed by atoms with Crippen LogP contribution in [0.5, 0.6) is 0 Å². The van der Waals surface area contributed by atoms with Crippen LogP contribution in [0.1, 0.15) is 81.6 Å². The summed E-state index contributed by atoms with van der Waals surface area (Å²) in [4.78, 5) is 46.2. The van der Waals surface area contributed by atoms with E-state index in [1.165, 1.54) is 13.4 Å². The molecule has 0 aliphatic carbocycles. The normalized spacial score (nSPS) is 20.1. The molecule has 2 aromatic heterocycles. The van der Waals surface area contributed by atoms with Crippen molar-refractivity contribution in [3.05, 3.63) is 23.6 Å². The van der Waals surface area contributed by atoms with Crippen molar-refractivity contribution in [2.24, 2.45) is 11.8 Å². The number of carbonyl (C=O) groups excluding carboxylic acids is 3. The van der Waals surface area contributed by atoms with E-state index in [9.17, 15) is 19.5 Å². The molecule has 2 amide bonds. The van der Waals surface area contributed by atoms with Crippen molar-refractivity contribution in [3.63, 3.8) is 0 Å². The molecule has 3 rings (SSSR count). The third kappa shape index (κ3) is 6.27. The molecule has 11 heteroatoms. The SMILES string of the molecule is COC(=O)c1coc(-c2nc3oc2CCCCCC(NC(=O)C(O)C(C)C)C(=O)NC3C(C)C)n1. The lowest BCUT2D eigenvalue weighted by Gasteiger charge is -2.25. The quantitative estimate of drug-likeness (QED) is 0.518. The smallest absolute Gasteiger partial charge is 0.360 e. The number of amides is 2. The molecule has 3 atom stereocenters. The van der Waals surface area contributed by atoms with Gasteiger partial charge in [-0.1, -0.05) is 40.5 Å². The van der Waals surface area contributed by atoms with Gasteiger partial charge in [0.25, 0.3) is 0 Å². The second kappa shape index (κ2) is 11.5. The number of nitrogens with one attached hydrogen (secondary N) is 2. The van der Waals surface area contributed by atoms with Crippen LogP contribution in [0.3, 0.4) is 0 Å². The van der Waals surface area contributed by atoms with Crippen LogP contribution < -0.4 is 10.6 Å². The van der Waals surface area contributed by atoms with E-state index in [2.05, 4.69) is 25.3 Å². The number of nitrogens with zero attached hydrogens (tertiary/aromatic N) is 2. The van der Waals surface area contributed by atoms with Crippen LogP contribution in [0, 0.1) is 11.8 Å². The molecule has 11 nitrogen and oxygen atoms in total. The molecular weight excluding hydrogens is 456 g/mol. The Balaban J connectivity index is 1.90. The first kappa shape index (κ1) is 26.4. The minimum atomic E-state index is -1.20. The first-order chi connectivity index (χ1) is 16.6. The highest BCUT2D eigenvalue weighted by Crippen LogP contribution is 2.31. The fourth-order valence-electron chi connectivity index (χ4n) is 3.83. The molecule has 0 radical (unpaired) electrons. The van der Waals surface area contributed by atoms with E-state index in [1.54, 1.807) is 13.8 Å². The Labute approximate surface area is 204 Å². The molecule has 3 N–H and O–H groups in total. The number of aliphatic hydroxyl groups is 1. The number of hydrogen-bond acceptors (Lipinski definition) is 9. The molecule has 0 saturated carbocycles. The lowest BCUT2D eigenvalue weighted by atomic mass is 10.0. The number of esters is 1. The second-order valence-corrected chi connectivity index (χ2v) is 9.43. The van der Waals surface area contributed by atoms with Gasteiger partial charge >= 0.3 is 5.97 Å². The van der Waals surface area contributed by atoms with E-state index in [4.69, 9.17) is 8.83 Å². The van der Waals surface area contributed by atoms with Gasteiger partial charge in [-0.25, -0.2) is 14.8 Å². The predicted octanol–water partition coefficient (Wildman–Crippen LogP) is 2.55. The molecule has 0 aromatic carbocycles. The van der Waals surface area contributed by atoms with Crippen LogP contribution in [0.2, 0.25) is 0 Å². The van der Waals surface area contributed by atoms with Crippen molar-refractivity contribution in [2.75, 3.05) is 7.11 Å². The minimum absolute atomic E-state index is 0.0202. The lowest BCUT2D eigenvalue weighted by molar-refractivity contribution is -0.136. The summed E-state index contributed by atoms with van der Waals surface area (Å²) >= 11 is 0. The predicted molar refractivity (Wildman–Crippen MR) is 124 cm³/mol. The van der Waals surface area contributed by atoms with Crippen molar-refractivity contribution >= 4 is 17.8 Å². The zero-order valence-corrected chi connectivity index (χ0v) is 20.8. The Morgan fingerprint density at radius 2 is 1.94 bits per heavy atom. The number of rotatable bonds is 6. The largest absolute Gasteiger partial charge is 0.464 e. The molecule has 3 heterocycles. The zero-order valence-electron chi connectivity index (χ0n) is 20.8. The molecule has 35 heavy (non-hydrogen) atoms. The Morgan fingerprint density at radius 3 is 2.60 bits per heavy atom. The van der Waals surface area contributed by atoms with Gasteiger partial charge in [0, 0.05) is 6.42 Å². The molecule has 0 saturated heterocycles. The Hall–Kier alpha value is -3.21. The number of ether oxygens (including phenoxy) is 1. The highest BCUT2D eigenvalue weighted by atomic mass is 16.5. The van der Waals surface area contributed by atoms with Crippen LogP contribution in [-0.2, 0) is 20.7 Å². The summed E-state index contributed by atoms with van der Waals surface area (Å²) < 4.78 is 16.2. The van der Waals surface area contributed by atoms with Crippen LogP contribution in [0.4, 0.5) is 0 Å². The summed E-state index contributed by atoms with van der Waals surface area (Å²) in [5.41, 5.74) is 0.394. The first-order valence-electron chi connectivity index (χ1n) is 11.9. The van der Waals surface area contributed by atoms with E-state index >= 15 is 0 Å². The molecule has 192 valence electrons. The highest BCUT2D eigenvalue weighted by Gasteiger charge is 2.32. The van der Waals surface area contributed by atoms with Gasteiger partial charge in [-0.15, -0.1) is 0 Å². The Morgan fingerprint density at radius 1 is 1.20 bits per heavy atom. The molecule has 2 aromatic rings. The maximum absolute atomic E-state index is 13.2. The van der Waals surface area contributed by atoms with Gasteiger partial charge in [0.2, 0.25) is 23.6 Å². The van der Waals surface area contributed by atoms with Gasteiger partial charge in [0.1, 0.15) is 30.2 Å². The summed E-state index contributed by atoms with van der Waals surface area (Å²) in [6.45, 7) is 7.30. The maximum Gasteiger partial charge on any atom is 0.360 e. The average molecular weight is 491 g/mol. The molecular formula is C24H34N4O7.